The maximum atomic E-state index is 11.9. The van der Waals surface area contributed by atoms with Crippen molar-refractivity contribution in [3.63, 3.8) is 0 Å². The van der Waals surface area contributed by atoms with Crippen molar-refractivity contribution in [1.29, 1.82) is 0 Å². The van der Waals surface area contributed by atoms with Crippen molar-refractivity contribution >= 4 is 11.8 Å². The molecule has 0 unspecified atom stereocenters. The van der Waals surface area contributed by atoms with Crippen LogP contribution in [0.25, 0.3) is 0 Å². The fourth-order valence-electron chi connectivity index (χ4n) is 2.13. The van der Waals surface area contributed by atoms with Crippen molar-refractivity contribution < 1.29 is 9.59 Å². The normalized spacial score (nSPS) is 11.5. The van der Waals surface area contributed by atoms with Crippen LogP contribution in [0.1, 0.15) is 40.7 Å². The molecule has 2 aromatic rings. The minimum atomic E-state index is -0.319. The van der Waals surface area contributed by atoms with Crippen molar-refractivity contribution in [3.05, 3.63) is 71.3 Å². The largest absolute Gasteiger partial charge is 0.273 e. The van der Waals surface area contributed by atoms with Gasteiger partial charge in [0, 0.05) is 12.0 Å². The minimum Gasteiger partial charge on any atom is -0.273 e. The lowest BCUT2D eigenvalue weighted by Crippen LogP contribution is -2.41. The van der Waals surface area contributed by atoms with Crippen LogP contribution in [0.2, 0.25) is 0 Å². The van der Waals surface area contributed by atoms with Gasteiger partial charge in [0.2, 0.25) is 5.91 Å². The lowest BCUT2D eigenvalue weighted by atomic mass is 9.98. The Bertz CT molecular complexity index is 636. The van der Waals surface area contributed by atoms with E-state index >= 15 is 0 Å². The molecule has 0 aliphatic carbocycles. The number of rotatable bonds is 4. The number of benzene rings is 2. The average molecular weight is 296 g/mol. The standard InChI is InChI=1S/C18H20N2O2/c1-13-8-10-16(11-9-13)18(22)20-19-17(21)12-14(2)15-6-4-3-5-7-15/h3-11,14H,12H2,1-2H3,(H,19,21)(H,20,22)/t14-/m0/s1. The summed E-state index contributed by atoms with van der Waals surface area (Å²) in [5.74, 6) is -0.435. The molecule has 4 heteroatoms. The van der Waals surface area contributed by atoms with Gasteiger partial charge in [-0.3, -0.25) is 20.4 Å². The molecular weight excluding hydrogens is 276 g/mol. The average Bonchev–Trinajstić information content (AvgIpc) is 2.54. The van der Waals surface area contributed by atoms with Gasteiger partial charge in [-0.05, 0) is 30.5 Å². The van der Waals surface area contributed by atoms with Gasteiger partial charge >= 0.3 is 0 Å². The van der Waals surface area contributed by atoms with Gasteiger partial charge in [-0.1, -0.05) is 55.0 Å². The van der Waals surface area contributed by atoms with Crippen LogP contribution in [0.3, 0.4) is 0 Å². The van der Waals surface area contributed by atoms with Crippen molar-refractivity contribution in [2.45, 2.75) is 26.2 Å². The van der Waals surface area contributed by atoms with E-state index in [0.717, 1.165) is 11.1 Å². The molecule has 2 amide bonds. The van der Waals surface area contributed by atoms with Gasteiger partial charge in [0.15, 0.2) is 0 Å². The number of hydrogen-bond acceptors (Lipinski definition) is 2. The molecule has 0 saturated carbocycles. The summed E-state index contributed by atoms with van der Waals surface area (Å²) < 4.78 is 0. The summed E-state index contributed by atoms with van der Waals surface area (Å²) in [7, 11) is 0. The molecule has 4 nitrogen and oxygen atoms in total. The summed E-state index contributed by atoms with van der Waals surface area (Å²) in [5, 5.41) is 0. The Labute approximate surface area is 130 Å². The second-order valence-corrected chi connectivity index (χ2v) is 5.38. The first-order valence-electron chi connectivity index (χ1n) is 7.27. The van der Waals surface area contributed by atoms with Crippen molar-refractivity contribution in [2.75, 3.05) is 0 Å². The van der Waals surface area contributed by atoms with Gasteiger partial charge in [-0.25, -0.2) is 0 Å². The van der Waals surface area contributed by atoms with E-state index in [-0.39, 0.29) is 17.7 Å². The summed E-state index contributed by atoms with van der Waals surface area (Å²) >= 11 is 0. The molecule has 0 bridgehead atoms. The van der Waals surface area contributed by atoms with E-state index in [2.05, 4.69) is 10.9 Å². The SMILES string of the molecule is Cc1ccc(C(=O)NNC(=O)C[C@H](C)c2ccccc2)cc1. The molecule has 22 heavy (non-hydrogen) atoms. The van der Waals surface area contributed by atoms with Crippen LogP contribution >= 0.6 is 0 Å². The van der Waals surface area contributed by atoms with Gasteiger partial charge in [0.1, 0.15) is 0 Å². The summed E-state index contributed by atoms with van der Waals surface area (Å²) in [6.07, 6.45) is 0.318. The lowest BCUT2D eigenvalue weighted by Gasteiger charge is -2.12. The molecule has 0 aromatic heterocycles. The third-order valence-corrected chi connectivity index (χ3v) is 3.49. The monoisotopic (exact) mass is 296 g/mol. The second kappa shape index (κ2) is 7.41. The molecule has 0 spiro atoms. The summed E-state index contributed by atoms with van der Waals surface area (Å²) in [6, 6.07) is 17.0. The summed E-state index contributed by atoms with van der Waals surface area (Å²) in [6.45, 7) is 3.94. The van der Waals surface area contributed by atoms with E-state index in [4.69, 9.17) is 0 Å². The lowest BCUT2D eigenvalue weighted by molar-refractivity contribution is -0.122. The van der Waals surface area contributed by atoms with E-state index in [1.165, 1.54) is 0 Å². The van der Waals surface area contributed by atoms with Gasteiger partial charge < -0.3 is 0 Å². The number of carbonyl (C=O) groups is 2. The van der Waals surface area contributed by atoms with E-state index in [1.54, 1.807) is 12.1 Å². The maximum absolute atomic E-state index is 11.9. The van der Waals surface area contributed by atoms with E-state index in [9.17, 15) is 9.59 Å². The second-order valence-electron chi connectivity index (χ2n) is 5.38. The molecule has 2 aromatic carbocycles. The van der Waals surface area contributed by atoms with Crippen molar-refractivity contribution in [3.8, 4) is 0 Å². The number of aryl methyl sites for hydroxylation is 1. The highest BCUT2D eigenvalue weighted by Gasteiger charge is 2.12. The topological polar surface area (TPSA) is 58.2 Å². The third kappa shape index (κ3) is 4.45. The predicted molar refractivity (Wildman–Crippen MR) is 86.3 cm³/mol. The first-order valence-corrected chi connectivity index (χ1v) is 7.27. The summed E-state index contributed by atoms with van der Waals surface area (Å²) in [4.78, 5) is 23.8. The number of carbonyl (C=O) groups excluding carboxylic acids is 2. The quantitative estimate of drug-likeness (QED) is 0.852. The van der Waals surface area contributed by atoms with Crippen LogP contribution in [0.4, 0.5) is 0 Å². The molecule has 1 atom stereocenters. The fourth-order valence-corrected chi connectivity index (χ4v) is 2.13. The predicted octanol–water partition coefficient (Wildman–Crippen LogP) is 2.95. The summed E-state index contributed by atoms with van der Waals surface area (Å²) in [5.41, 5.74) is 7.59. The van der Waals surface area contributed by atoms with Gasteiger partial charge in [-0.15, -0.1) is 0 Å². The zero-order valence-corrected chi connectivity index (χ0v) is 12.8. The highest BCUT2D eigenvalue weighted by atomic mass is 16.2. The molecule has 114 valence electrons. The fraction of sp³-hybridized carbons (Fsp3) is 0.222. The highest BCUT2D eigenvalue weighted by Crippen LogP contribution is 2.17. The van der Waals surface area contributed by atoms with Crippen LogP contribution in [-0.2, 0) is 4.79 Å². The zero-order valence-electron chi connectivity index (χ0n) is 12.8. The van der Waals surface area contributed by atoms with Gasteiger partial charge in [0.05, 0.1) is 0 Å². The van der Waals surface area contributed by atoms with Crippen molar-refractivity contribution in [1.82, 2.24) is 10.9 Å². The smallest absolute Gasteiger partial charge is 0.269 e. The first kappa shape index (κ1) is 15.8. The maximum Gasteiger partial charge on any atom is 0.269 e. The van der Waals surface area contributed by atoms with Crippen LogP contribution < -0.4 is 10.9 Å². The Balaban J connectivity index is 1.82. The molecule has 2 rings (SSSR count). The third-order valence-electron chi connectivity index (χ3n) is 3.49. The number of hydrogen-bond donors (Lipinski definition) is 2. The molecule has 0 heterocycles. The number of amides is 2. The van der Waals surface area contributed by atoms with Gasteiger partial charge in [0.25, 0.3) is 5.91 Å². The van der Waals surface area contributed by atoms with E-state index in [0.29, 0.717) is 12.0 Å². The highest BCUT2D eigenvalue weighted by molar-refractivity contribution is 5.95. The molecular formula is C18H20N2O2. The zero-order chi connectivity index (χ0) is 15.9. The molecule has 2 N–H and O–H groups in total. The van der Waals surface area contributed by atoms with Crippen molar-refractivity contribution in [2.24, 2.45) is 0 Å². The number of nitrogens with one attached hydrogen (secondary N) is 2. The molecule has 0 fully saturated rings. The van der Waals surface area contributed by atoms with Crippen LogP contribution in [0, 0.1) is 6.92 Å². The molecule has 0 aliphatic rings. The Morgan fingerprint density at radius 3 is 2.23 bits per heavy atom. The van der Waals surface area contributed by atoms with Crippen LogP contribution in [-0.4, -0.2) is 11.8 Å². The molecule has 0 radical (unpaired) electrons. The Kier molecular flexibility index (Phi) is 5.31. The minimum absolute atomic E-state index is 0.0949. The number of hydrazine groups is 1. The molecule has 0 saturated heterocycles. The molecule has 0 aliphatic heterocycles. The Hall–Kier alpha value is -2.62. The first-order chi connectivity index (χ1) is 10.6. The van der Waals surface area contributed by atoms with Crippen LogP contribution in [0.5, 0.6) is 0 Å². The van der Waals surface area contributed by atoms with Gasteiger partial charge in [-0.2, -0.15) is 0 Å². The Morgan fingerprint density at radius 1 is 0.955 bits per heavy atom. The van der Waals surface area contributed by atoms with E-state index < -0.39 is 0 Å². The van der Waals surface area contributed by atoms with Crippen LogP contribution in [0.15, 0.2) is 54.6 Å². The van der Waals surface area contributed by atoms with E-state index in [1.807, 2.05) is 56.3 Å². The Morgan fingerprint density at radius 2 is 1.59 bits per heavy atom.